The maximum atomic E-state index is 13.0. The van der Waals surface area contributed by atoms with Crippen molar-refractivity contribution in [2.75, 3.05) is 19.6 Å². The topological polar surface area (TPSA) is 45.2 Å². The Bertz CT molecular complexity index is 920. The Morgan fingerprint density at radius 3 is 2.69 bits per heavy atom. The number of aromatic nitrogens is 1. The Hall–Kier alpha value is -2.24. The minimum Gasteiger partial charge on any atom is -0.341 e. The highest BCUT2D eigenvalue weighted by molar-refractivity contribution is 7.18. The highest BCUT2D eigenvalue weighted by atomic mass is 32.1. The van der Waals surface area contributed by atoms with Gasteiger partial charge < -0.3 is 10.2 Å². The number of para-hydroxylation sites is 1. The Morgan fingerprint density at radius 1 is 1.17 bits per heavy atom. The number of carbonyl (C=O) groups is 1. The molecule has 2 atom stereocenters. The van der Waals surface area contributed by atoms with Crippen LogP contribution < -0.4 is 5.32 Å². The highest BCUT2D eigenvalue weighted by Crippen LogP contribution is 2.33. The molecule has 4 nitrogen and oxygen atoms in total. The third-order valence-corrected chi connectivity index (χ3v) is 6.93. The molecule has 2 aromatic carbocycles. The standard InChI is InChI=1S/C24H29N3OS/c1-17(2)23(18-9-4-3-5-10-18)25-15-22(28)27-14-8-11-19(16-27)24-26-20-12-6-7-13-21(20)29-24/h3-7,9-10,12-13,17,19,23,25H,8,11,14-16H2,1-2H3/t19-,23+/m1/s1. The van der Waals surface area contributed by atoms with Crippen LogP contribution in [0.4, 0.5) is 0 Å². The fourth-order valence-corrected chi connectivity index (χ4v) is 5.27. The lowest BCUT2D eigenvalue weighted by atomic mass is 9.96. The van der Waals surface area contributed by atoms with Gasteiger partial charge in [-0.2, -0.15) is 0 Å². The molecule has 0 aliphatic carbocycles. The number of nitrogens with zero attached hydrogens (tertiary/aromatic N) is 2. The molecular formula is C24H29N3OS. The van der Waals surface area contributed by atoms with E-state index < -0.39 is 0 Å². The van der Waals surface area contributed by atoms with Crippen molar-refractivity contribution in [2.24, 2.45) is 5.92 Å². The first-order valence-corrected chi connectivity index (χ1v) is 11.3. The molecule has 0 saturated carbocycles. The van der Waals surface area contributed by atoms with Gasteiger partial charge in [-0.15, -0.1) is 11.3 Å². The quantitative estimate of drug-likeness (QED) is 0.626. The van der Waals surface area contributed by atoms with Gasteiger partial charge in [-0.25, -0.2) is 4.98 Å². The minimum absolute atomic E-state index is 0.185. The zero-order valence-corrected chi connectivity index (χ0v) is 18.0. The van der Waals surface area contributed by atoms with Crippen LogP contribution in [0.5, 0.6) is 0 Å². The predicted molar refractivity (Wildman–Crippen MR) is 120 cm³/mol. The zero-order chi connectivity index (χ0) is 20.2. The molecule has 2 heterocycles. The molecule has 0 unspecified atom stereocenters. The van der Waals surface area contributed by atoms with Crippen LogP contribution in [0.25, 0.3) is 10.2 Å². The van der Waals surface area contributed by atoms with Crippen molar-refractivity contribution < 1.29 is 4.79 Å². The van der Waals surface area contributed by atoms with E-state index in [4.69, 9.17) is 4.98 Å². The summed E-state index contributed by atoms with van der Waals surface area (Å²) in [7, 11) is 0. The summed E-state index contributed by atoms with van der Waals surface area (Å²) in [5.41, 5.74) is 2.31. The molecule has 0 spiro atoms. The summed E-state index contributed by atoms with van der Waals surface area (Å²) in [5, 5.41) is 4.67. The molecule has 1 saturated heterocycles. The van der Waals surface area contributed by atoms with Crippen LogP contribution in [0.2, 0.25) is 0 Å². The first kappa shape index (κ1) is 20.0. The van der Waals surface area contributed by atoms with Crippen LogP contribution >= 0.6 is 11.3 Å². The van der Waals surface area contributed by atoms with Crippen LogP contribution in [0.15, 0.2) is 54.6 Å². The van der Waals surface area contributed by atoms with E-state index in [2.05, 4.69) is 61.6 Å². The second kappa shape index (κ2) is 9.06. The molecule has 1 N–H and O–H groups in total. The second-order valence-corrected chi connectivity index (χ2v) is 9.27. The van der Waals surface area contributed by atoms with Gasteiger partial charge in [-0.05, 0) is 36.5 Å². The number of amides is 1. The average Bonchev–Trinajstić information content (AvgIpc) is 3.19. The largest absolute Gasteiger partial charge is 0.341 e. The summed E-state index contributed by atoms with van der Waals surface area (Å²) >= 11 is 1.77. The van der Waals surface area contributed by atoms with Gasteiger partial charge in [0.1, 0.15) is 0 Å². The van der Waals surface area contributed by atoms with Gasteiger partial charge in [0.2, 0.25) is 5.91 Å². The van der Waals surface area contributed by atoms with Gasteiger partial charge in [-0.1, -0.05) is 56.3 Å². The molecule has 29 heavy (non-hydrogen) atoms. The Morgan fingerprint density at radius 2 is 1.93 bits per heavy atom. The maximum Gasteiger partial charge on any atom is 0.236 e. The summed E-state index contributed by atoms with van der Waals surface area (Å²) in [4.78, 5) is 19.8. The molecule has 1 aromatic heterocycles. The van der Waals surface area contributed by atoms with Gasteiger partial charge in [0.25, 0.3) is 0 Å². The van der Waals surface area contributed by atoms with Crippen LogP contribution in [0.1, 0.15) is 49.2 Å². The van der Waals surface area contributed by atoms with Gasteiger partial charge in [0.15, 0.2) is 0 Å². The number of hydrogen-bond acceptors (Lipinski definition) is 4. The number of likely N-dealkylation sites (tertiary alicyclic amines) is 1. The van der Waals surface area contributed by atoms with E-state index in [9.17, 15) is 4.79 Å². The molecule has 0 radical (unpaired) electrons. The maximum absolute atomic E-state index is 13.0. The number of nitrogens with one attached hydrogen (secondary N) is 1. The summed E-state index contributed by atoms with van der Waals surface area (Å²) < 4.78 is 1.23. The van der Waals surface area contributed by atoms with Crippen LogP contribution in [0.3, 0.4) is 0 Å². The van der Waals surface area contributed by atoms with Crippen molar-refractivity contribution in [1.82, 2.24) is 15.2 Å². The fraction of sp³-hybridized carbons (Fsp3) is 0.417. The summed E-state index contributed by atoms with van der Waals surface area (Å²) in [6, 6.07) is 18.9. The third kappa shape index (κ3) is 4.68. The van der Waals surface area contributed by atoms with Crippen molar-refractivity contribution in [3.05, 3.63) is 65.2 Å². The summed E-state index contributed by atoms with van der Waals surface area (Å²) in [6.45, 7) is 6.39. The highest BCUT2D eigenvalue weighted by Gasteiger charge is 2.27. The normalized spacial score (nSPS) is 18.3. The molecule has 1 fully saturated rings. The molecule has 1 aliphatic rings. The van der Waals surface area contributed by atoms with Crippen molar-refractivity contribution in [2.45, 2.75) is 38.6 Å². The number of benzene rings is 2. The average molecular weight is 408 g/mol. The van der Waals surface area contributed by atoms with Gasteiger partial charge >= 0.3 is 0 Å². The Labute approximate surface area is 177 Å². The van der Waals surface area contributed by atoms with Crippen molar-refractivity contribution in [1.29, 1.82) is 0 Å². The molecular weight excluding hydrogens is 378 g/mol. The smallest absolute Gasteiger partial charge is 0.236 e. The lowest BCUT2D eigenvalue weighted by Crippen LogP contribution is -2.44. The number of hydrogen-bond donors (Lipinski definition) is 1. The zero-order valence-electron chi connectivity index (χ0n) is 17.2. The molecule has 4 rings (SSSR count). The molecule has 1 aliphatic heterocycles. The van der Waals surface area contributed by atoms with Crippen molar-refractivity contribution in [3.8, 4) is 0 Å². The lowest BCUT2D eigenvalue weighted by Gasteiger charge is -2.33. The minimum atomic E-state index is 0.185. The lowest BCUT2D eigenvalue weighted by molar-refractivity contribution is -0.131. The number of rotatable bonds is 6. The molecule has 152 valence electrons. The number of piperidine rings is 1. The predicted octanol–water partition coefficient (Wildman–Crippen LogP) is 4.99. The third-order valence-electron chi connectivity index (χ3n) is 5.73. The SMILES string of the molecule is CC(C)[C@H](NCC(=O)N1CCC[C@@H](c2nc3ccccc3s2)C1)c1ccccc1. The van der Waals surface area contributed by atoms with E-state index in [0.717, 1.165) is 31.4 Å². The van der Waals surface area contributed by atoms with Crippen LogP contribution in [-0.2, 0) is 4.79 Å². The molecule has 3 aromatic rings. The Balaban J connectivity index is 1.39. The number of carbonyl (C=O) groups excluding carboxylic acids is 1. The summed E-state index contributed by atoms with van der Waals surface area (Å²) in [6.07, 6.45) is 2.15. The number of fused-ring (bicyclic) bond motifs is 1. The van der Waals surface area contributed by atoms with Gasteiger partial charge in [0, 0.05) is 25.0 Å². The van der Waals surface area contributed by atoms with Gasteiger partial charge in [0.05, 0.1) is 21.8 Å². The number of thiazole rings is 1. The van der Waals surface area contributed by atoms with Crippen LogP contribution in [-0.4, -0.2) is 35.4 Å². The van der Waals surface area contributed by atoms with E-state index >= 15 is 0 Å². The summed E-state index contributed by atoms with van der Waals surface area (Å²) in [5.74, 6) is 0.958. The molecule has 1 amide bonds. The van der Waals surface area contributed by atoms with E-state index in [1.165, 1.54) is 15.3 Å². The first-order chi connectivity index (χ1) is 14.1. The van der Waals surface area contributed by atoms with E-state index in [0.29, 0.717) is 18.4 Å². The first-order valence-electron chi connectivity index (χ1n) is 10.5. The second-order valence-electron chi connectivity index (χ2n) is 8.21. The monoisotopic (exact) mass is 407 g/mol. The van der Waals surface area contributed by atoms with E-state index in [1.54, 1.807) is 11.3 Å². The van der Waals surface area contributed by atoms with Crippen molar-refractivity contribution in [3.63, 3.8) is 0 Å². The van der Waals surface area contributed by atoms with Crippen molar-refractivity contribution >= 4 is 27.5 Å². The fourth-order valence-electron chi connectivity index (χ4n) is 4.18. The van der Waals surface area contributed by atoms with E-state index in [-0.39, 0.29) is 11.9 Å². The molecule has 5 heteroatoms. The molecule has 0 bridgehead atoms. The van der Waals surface area contributed by atoms with Crippen LogP contribution in [0, 0.1) is 5.92 Å². The van der Waals surface area contributed by atoms with E-state index in [1.807, 2.05) is 17.0 Å². The Kier molecular flexibility index (Phi) is 6.26. The van der Waals surface area contributed by atoms with Gasteiger partial charge in [-0.3, -0.25) is 4.79 Å².